The van der Waals surface area contributed by atoms with Crippen molar-refractivity contribution in [1.29, 1.82) is 0 Å². The van der Waals surface area contributed by atoms with Crippen molar-refractivity contribution in [3.63, 3.8) is 0 Å². The van der Waals surface area contributed by atoms with Gasteiger partial charge in [0, 0.05) is 25.1 Å². The van der Waals surface area contributed by atoms with E-state index in [-0.39, 0.29) is 17.2 Å². The van der Waals surface area contributed by atoms with Crippen LogP contribution in [0.5, 0.6) is 5.75 Å². The van der Waals surface area contributed by atoms with Crippen LogP contribution in [-0.2, 0) is 34.4 Å². The Bertz CT molecular complexity index is 1420. The summed E-state index contributed by atoms with van der Waals surface area (Å²) in [6.07, 6.45) is 1.53. The van der Waals surface area contributed by atoms with Gasteiger partial charge in [-0.25, -0.2) is 18.5 Å². The smallest absolute Gasteiger partial charge is 0.238 e. The highest BCUT2D eigenvalue weighted by Gasteiger charge is 2.15. The molecule has 1 amide bonds. The minimum atomic E-state index is -3.81. The number of primary sulfonamides is 1. The lowest BCUT2D eigenvalue weighted by Gasteiger charge is -2.10. The van der Waals surface area contributed by atoms with Crippen molar-refractivity contribution in [2.24, 2.45) is 5.14 Å². The van der Waals surface area contributed by atoms with E-state index >= 15 is 0 Å². The second-order valence-electron chi connectivity index (χ2n) is 8.22. The molecule has 4 aromatic rings. The first kappa shape index (κ1) is 24.4. The summed E-state index contributed by atoms with van der Waals surface area (Å²) in [7, 11) is -3.81. The largest absolute Gasteiger partial charge is 0.489 e. The van der Waals surface area contributed by atoms with Crippen LogP contribution in [0.3, 0.4) is 0 Å². The number of nitrogens with zero attached hydrogens (tertiary/aromatic N) is 2. The fourth-order valence-electron chi connectivity index (χ4n) is 3.82. The molecular formula is C26H28N4O4S. The van der Waals surface area contributed by atoms with E-state index in [1.54, 1.807) is 18.2 Å². The molecule has 8 nitrogen and oxygen atoms in total. The van der Waals surface area contributed by atoms with E-state index in [9.17, 15) is 13.2 Å². The fraction of sp³-hybridized carbons (Fsp3) is 0.231. The van der Waals surface area contributed by atoms with E-state index in [1.807, 2.05) is 54.0 Å². The molecule has 4 rings (SSSR count). The molecule has 0 saturated carbocycles. The number of aromatic nitrogens is 2. The number of imidazole rings is 1. The first-order valence-electron chi connectivity index (χ1n) is 11.4. The number of benzene rings is 3. The Morgan fingerprint density at radius 1 is 1.06 bits per heavy atom. The molecule has 0 aliphatic heterocycles. The highest BCUT2D eigenvalue weighted by atomic mass is 32.2. The van der Waals surface area contributed by atoms with Gasteiger partial charge in [-0.05, 0) is 54.4 Å². The first-order valence-corrected chi connectivity index (χ1v) is 13.0. The number of rotatable bonds is 10. The van der Waals surface area contributed by atoms with E-state index in [0.717, 1.165) is 29.1 Å². The molecule has 0 atom stereocenters. The van der Waals surface area contributed by atoms with E-state index < -0.39 is 10.0 Å². The van der Waals surface area contributed by atoms with Crippen molar-refractivity contribution >= 4 is 32.7 Å². The lowest BCUT2D eigenvalue weighted by molar-refractivity contribution is -0.116. The van der Waals surface area contributed by atoms with Crippen LogP contribution in [0.1, 0.15) is 31.2 Å². The van der Waals surface area contributed by atoms with Gasteiger partial charge >= 0.3 is 0 Å². The third-order valence-electron chi connectivity index (χ3n) is 5.54. The van der Waals surface area contributed by atoms with Crippen LogP contribution < -0.4 is 15.2 Å². The summed E-state index contributed by atoms with van der Waals surface area (Å²) in [6, 6.07) is 21.8. The molecule has 3 aromatic carbocycles. The zero-order chi connectivity index (χ0) is 24.8. The Balaban J connectivity index is 1.38. The maximum atomic E-state index is 12.6. The summed E-state index contributed by atoms with van der Waals surface area (Å²) in [6.45, 7) is 3.24. The fourth-order valence-corrected chi connectivity index (χ4v) is 4.36. The average molecular weight is 493 g/mol. The van der Waals surface area contributed by atoms with Gasteiger partial charge in [-0.1, -0.05) is 37.3 Å². The van der Waals surface area contributed by atoms with Crippen molar-refractivity contribution in [3.05, 3.63) is 84.2 Å². The molecule has 35 heavy (non-hydrogen) atoms. The van der Waals surface area contributed by atoms with Crippen molar-refractivity contribution in [2.75, 3.05) is 5.32 Å². The molecule has 1 heterocycles. The SMILES string of the molecule is CCCn1c(CCC(=O)Nc2ccc(OCc3ccccc3)cc2)nc2cc(S(N)(=O)=O)ccc21. The number of amides is 1. The van der Waals surface area contributed by atoms with Crippen LogP contribution in [0.25, 0.3) is 11.0 Å². The molecule has 0 aliphatic rings. The lowest BCUT2D eigenvalue weighted by atomic mass is 10.2. The number of fused-ring (bicyclic) bond motifs is 1. The molecule has 0 radical (unpaired) electrons. The Kier molecular flexibility index (Phi) is 7.48. The number of nitrogens with two attached hydrogens (primary N) is 1. The van der Waals surface area contributed by atoms with Crippen LogP contribution in [0.4, 0.5) is 5.69 Å². The van der Waals surface area contributed by atoms with Gasteiger partial charge in [0.2, 0.25) is 15.9 Å². The summed E-state index contributed by atoms with van der Waals surface area (Å²) < 4.78 is 31.2. The van der Waals surface area contributed by atoms with Gasteiger partial charge in [-0.15, -0.1) is 0 Å². The topological polar surface area (TPSA) is 116 Å². The summed E-state index contributed by atoms with van der Waals surface area (Å²) in [5.74, 6) is 1.32. The number of hydrogen-bond acceptors (Lipinski definition) is 5. The number of anilines is 1. The van der Waals surface area contributed by atoms with Crippen LogP contribution in [-0.4, -0.2) is 23.9 Å². The minimum absolute atomic E-state index is 0.0200. The zero-order valence-electron chi connectivity index (χ0n) is 19.5. The molecule has 0 unspecified atom stereocenters. The van der Waals surface area contributed by atoms with Crippen LogP contribution in [0.15, 0.2) is 77.7 Å². The van der Waals surface area contributed by atoms with Gasteiger partial charge < -0.3 is 14.6 Å². The molecule has 0 spiro atoms. The monoisotopic (exact) mass is 492 g/mol. The maximum Gasteiger partial charge on any atom is 0.238 e. The van der Waals surface area contributed by atoms with E-state index in [4.69, 9.17) is 9.88 Å². The van der Waals surface area contributed by atoms with Crippen LogP contribution >= 0.6 is 0 Å². The van der Waals surface area contributed by atoms with Gasteiger partial charge in [0.15, 0.2) is 0 Å². The molecule has 3 N–H and O–H groups in total. The van der Waals surface area contributed by atoms with Crippen LogP contribution in [0, 0.1) is 0 Å². The van der Waals surface area contributed by atoms with E-state index in [1.165, 1.54) is 12.1 Å². The molecule has 1 aromatic heterocycles. The number of sulfonamides is 1. The normalized spacial score (nSPS) is 11.5. The number of aryl methyl sites for hydroxylation is 2. The third kappa shape index (κ3) is 6.26. The Labute approximate surface area is 204 Å². The Morgan fingerprint density at radius 3 is 2.49 bits per heavy atom. The van der Waals surface area contributed by atoms with Crippen molar-refractivity contribution in [2.45, 2.75) is 44.2 Å². The Morgan fingerprint density at radius 2 is 1.80 bits per heavy atom. The summed E-state index contributed by atoms with van der Waals surface area (Å²) in [5.41, 5.74) is 3.13. The molecular weight excluding hydrogens is 464 g/mol. The second kappa shape index (κ2) is 10.7. The van der Waals surface area contributed by atoms with Gasteiger partial charge in [-0.3, -0.25) is 4.79 Å². The summed E-state index contributed by atoms with van der Waals surface area (Å²) >= 11 is 0. The molecule has 0 saturated heterocycles. The van der Waals surface area contributed by atoms with Gasteiger partial charge in [0.25, 0.3) is 0 Å². The van der Waals surface area contributed by atoms with E-state index in [0.29, 0.717) is 30.8 Å². The molecule has 9 heteroatoms. The Hall–Kier alpha value is -3.69. The van der Waals surface area contributed by atoms with E-state index in [2.05, 4.69) is 10.3 Å². The predicted octanol–water partition coefficient (Wildman–Crippen LogP) is 4.24. The second-order valence-corrected chi connectivity index (χ2v) is 9.78. The van der Waals surface area contributed by atoms with Crippen molar-refractivity contribution in [1.82, 2.24) is 9.55 Å². The molecule has 0 bridgehead atoms. The molecule has 182 valence electrons. The molecule has 0 fully saturated rings. The number of nitrogens with one attached hydrogen (secondary N) is 1. The lowest BCUT2D eigenvalue weighted by Crippen LogP contribution is -2.14. The quantitative estimate of drug-likeness (QED) is 0.343. The van der Waals surface area contributed by atoms with Gasteiger partial charge in [0.1, 0.15) is 18.2 Å². The van der Waals surface area contributed by atoms with Crippen molar-refractivity contribution in [3.8, 4) is 5.75 Å². The van der Waals surface area contributed by atoms with Crippen molar-refractivity contribution < 1.29 is 17.9 Å². The average Bonchev–Trinajstić information content (AvgIpc) is 3.19. The highest BCUT2D eigenvalue weighted by Crippen LogP contribution is 2.22. The van der Waals surface area contributed by atoms with Gasteiger partial charge in [0.05, 0.1) is 15.9 Å². The van der Waals surface area contributed by atoms with Crippen LogP contribution in [0.2, 0.25) is 0 Å². The predicted molar refractivity (Wildman–Crippen MR) is 136 cm³/mol. The summed E-state index contributed by atoms with van der Waals surface area (Å²) in [4.78, 5) is 17.2. The minimum Gasteiger partial charge on any atom is -0.489 e. The number of carbonyl (C=O) groups is 1. The molecule has 0 aliphatic carbocycles. The first-order chi connectivity index (χ1) is 16.8. The number of carbonyl (C=O) groups excluding carboxylic acids is 1. The number of hydrogen-bond donors (Lipinski definition) is 2. The number of ether oxygens (including phenoxy) is 1. The zero-order valence-corrected chi connectivity index (χ0v) is 20.3. The third-order valence-corrected chi connectivity index (χ3v) is 6.45. The highest BCUT2D eigenvalue weighted by molar-refractivity contribution is 7.89. The maximum absolute atomic E-state index is 12.6. The standard InChI is InChI=1S/C26H28N4O4S/c1-2-16-30-24-13-12-22(35(27,32)33)17-23(24)29-25(30)14-15-26(31)28-20-8-10-21(11-9-20)34-18-19-6-4-3-5-7-19/h3-13,17H,2,14-16,18H2,1H3,(H,28,31)(H2,27,32,33). The van der Waals surface area contributed by atoms with Gasteiger partial charge in [-0.2, -0.15) is 0 Å². The summed E-state index contributed by atoms with van der Waals surface area (Å²) in [5, 5.41) is 8.15.